The molecule has 4 nitrogen and oxygen atoms in total. The van der Waals surface area contributed by atoms with Crippen LogP contribution in [0.15, 0.2) is 91.0 Å². The average Bonchev–Trinajstić information content (AvgIpc) is 2.73. The van der Waals surface area contributed by atoms with Crippen LogP contribution in [0.5, 0.6) is 0 Å². The highest BCUT2D eigenvalue weighted by Crippen LogP contribution is 2.23. The van der Waals surface area contributed by atoms with Crippen LogP contribution in [0.2, 0.25) is 0 Å². The van der Waals surface area contributed by atoms with E-state index in [9.17, 15) is 9.59 Å². The number of aliphatic carboxylic acids is 1. The van der Waals surface area contributed by atoms with Crippen molar-refractivity contribution in [2.45, 2.75) is 12.3 Å². The van der Waals surface area contributed by atoms with E-state index in [1.807, 2.05) is 60.7 Å². The van der Waals surface area contributed by atoms with Crippen molar-refractivity contribution in [3.05, 3.63) is 108 Å². The lowest BCUT2D eigenvalue weighted by Gasteiger charge is -2.18. The third kappa shape index (κ3) is 5.42. The van der Waals surface area contributed by atoms with Gasteiger partial charge in [0.25, 0.3) is 0 Å². The topological polar surface area (TPSA) is 66.4 Å². The summed E-state index contributed by atoms with van der Waals surface area (Å²) in [7, 11) is 0. The second kappa shape index (κ2) is 9.33. The number of benzene rings is 3. The molecular formula is C24H21NO3. The van der Waals surface area contributed by atoms with E-state index in [1.165, 1.54) is 6.08 Å². The third-order valence-corrected chi connectivity index (χ3v) is 4.40. The number of anilines is 1. The smallest absolute Gasteiger partial charge is 0.328 e. The van der Waals surface area contributed by atoms with E-state index in [0.717, 1.165) is 22.8 Å². The van der Waals surface area contributed by atoms with Crippen LogP contribution in [-0.4, -0.2) is 17.0 Å². The van der Waals surface area contributed by atoms with Crippen LogP contribution in [0.25, 0.3) is 6.08 Å². The van der Waals surface area contributed by atoms with Crippen LogP contribution in [0.1, 0.15) is 22.6 Å². The van der Waals surface area contributed by atoms with Gasteiger partial charge in [0, 0.05) is 11.8 Å². The normalized spacial score (nSPS) is 11.9. The number of hydrogen-bond acceptors (Lipinski definition) is 2. The molecule has 3 aromatic rings. The molecule has 0 saturated carbocycles. The maximum atomic E-state index is 13.0. The quantitative estimate of drug-likeness (QED) is 0.589. The van der Waals surface area contributed by atoms with Crippen LogP contribution in [0, 0.1) is 0 Å². The predicted octanol–water partition coefficient (Wildman–Crippen LogP) is 4.75. The zero-order valence-corrected chi connectivity index (χ0v) is 15.3. The van der Waals surface area contributed by atoms with Crippen molar-refractivity contribution >= 4 is 23.6 Å². The lowest BCUT2D eigenvalue weighted by Crippen LogP contribution is -2.23. The number of rotatable bonds is 7. The summed E-state index contributed by atoms with van der Waals surface area (Å²) in [5, 5.41) is 11.7. The predicted molar refractivity (Wildman–Crippen MR) is 111 cm³/mol. The molecule has 140 valence electrons. The molecule has 1 unspecified atom stereocenters. The molecule has 0 heterocycles. The van der Waals surface area contributed by atoms with E-state index in [1.54, 1.807) is 24.3 Å². The Kier molecular flexibility index (Phi) is 6.37. The van der Waals surface area contributed by atoms with Crippen molar-refractivity contribution in [3.63, 3.8) is 0 Å². The Morgan fingerprint density at radius 3 is 2.07 bits per heavy atom. The lowest BCUT2D eigenvalue weighted by molar-refractivity contribution is -0.131. The largest absolute Gasteiger partial charge is 0.478 e. The highest BCUT2D eigenvalue weighted by molar-refractivity contribution is 5.96. The summed E-state index contributed by atoms with van der Waals surface area (Å²) in [6.45, 7) is 0. The van der Waals surface area contributed by atoms with Crippen molar-refractivity contribution in [2.24, 2.45) is 0 Å². The van der Waals surface area contributed by atoms with Gasteiger partial charge in [0.05, 0.1) is 5.92 Å². The van der Waals surface area contributed by atoms with Gasteiger partial charge in [-0.1, -0.05) is 72.8 Å². The molecule has 3 rings (SSSR count). The van der Waals surface area contributed by atoms with E-state index < -0.39 is 5.97 Å². The molecule has 3 aromatic carbocycles. The molecule has 0 fully saturated rings. The van der Waals surface area contributed by atoms with Crippen molar-refractivity contribution in [1.29, 1.82) is 0 Å². The summed E-state index contributed by atoms with van der Waals surface area (Å²) < 4.78 is 0. The zero-order chi connectivity index (χ0) is 19.8. The highest BCUT2D eigenvalue weighted by atomic mass is 16.4. The van der Waals surface area contributed by atoms with Gasteiger partial charge in [-0.2, -0.15) is 0 Å². The Bertz CT molecular complexity index is 948. The molecule has 28 heavy (non-hydrogen) atoms. The summed E-state index contributed by atoms with van der Waals surface area (Å²) in [5.41, 5.74) is 3.49. The summed E-state index contributed by atoms with van der Waals surface area (Å²) in [6, 6.07) is 26.7. The molecule has 0 radical (unpaired) electrons. The van der Waals surface area contributed by atoms with E-state index in [0.29, 0.717) is 12.1 Å². The molecule has 4 heteroatoms. The van der Waals surface area contributed by atoms with Gasteiger partial charge in [0.15, 0.2) is 0 Å². The van der Waals surface area contributed by atoms with Crippen molar-refractivity contribution < 1.29 is 14.7 Å². The summed E-state index contributed by atoms with van der Waals surface area (Å²) in [5.74, 6) is -1.39. The summed E-state index contributed by atoms with van der Waals surface area (Å²) >= 11 is 0. The molecule has 1 atom stereocenters. The van der Waals surface area contributed by atoms with Crippen LogP contribution < -0.4 is 5.32 Å². The van der Waals surface area contributed by atoms with Crippen LogP contribution in [0.4, 0.5) is 5.69 Å². The second-order valence-corrected chi connectivity index (χ2v) is 6.44. The van der Waals surface area contributed by atoms with Gasteiger partial charge in [-0.3, -0.25) is 4.79 Å². The molecular weight excluding hydrogens is 350 g/mol. The van der Waals surface area contributed by atoms with Crippen molar-refractivity contribution in [2.75, 3.05) is 5.32 Å². The molecule has 0 saturated heterocycles. The molecule has 0 aliphatic heterocycles. The first kappa shape index (κ1) is 19.1. The number of carboxylic acid groups (broad SMARTS) is 1. The molecule has 0 aliphatic rings. The number of carbonyl (C=O) groups excluding carboxylic acids is 1. The van der Waals surface area contributed by atoms with Gasteiger partial charge >= 0.3 is 5.97 Å². The molecule has 0 aromatic heterocycles. The summed E-state index contributed by atoms with van der Waals surface area (Å²) in [6.07, 6.45) is 3.20. The maximum absolute atomic E-state index is 13.0. The molecule has 1 amide bonds. The Morgan fingerprint density at radius 1 is 0.857 bits per heavy atom. The zero-order valence-electron chi connectivity index (χ0n) is 15.3. The molecule has 0 bridgehead atoms. The van der Waals surface area contributed by atoms with E-state index in [-0.39, 0.29) is 11.8 Å². The molecule has 0 spiro atoms. The minimum Gasteiger partial charge on any atom is -0.478 e. The van der Waals surface area contributed by atoms with Gasteiger partial charge in [0.2, 0.25) is 5.91 Å². The van der Waals surface area contributed by atoms with Gasteiger partial charge in [-0.05, 0) is 41.3 Å². The van der Waals surface area contributed by atoms with Crippen LogP contribution >= 0.6 is 0 Å². The Hall–Kier alpha value is -3.66. The fourth-order valence-electron chi connectivity index (χ4n) is 2.97. The first-order valence-electron chi connectivity index (χ1n) is 9.02. The van der Waals surface area contributed by atoms with Crippen molar-refractivity contribution in [1.82, 2.24) is 0 Å². The molecule has 0 aliphatic carbocycles. The molecule has 2 N–H and O–H groups in total. The van der Waals surface area contributed by atoms with Gasteiger partial charge in [-0.25, -0.2) is 4.79 Å². The van der Waals surface area contributed by atoms with Crippen molar-refractivity contribution in [3.8, 4) is 0 Å². The Labute approximate surface area is 164 Å². The fraction of sp³-hybridized carbons (Fsp3) is 0.0833. The van der Waals surface area contributed by atoms with Crippen LogP contribution in [-0.2, 0) is 16.0 Å². The number of carbonyl (C=O) groups is 2. The fourth-order valence-corrected chi connectivity index (χ4v) is 2.97. The Balaban J connectivity index is 1.76. The third-order valence-electron chi connectivity index (χ3n) is 4.40. The number of hydrogen-bond donors (Lipinski definition) is 2. The highest BCUT2D eigenvalue weighted by Gasteiger charge is 2.21. The van der Waals surface area contributed by atoms with Crippen LogP contribution in [0.3, 0.4) is 0 Å². The first-order valence-corrected chi connectivity index (χ1v) is 9.02. The second-order valence-electron chi connectivity index (χ2n) is 6.44. The van der Waals surface area contributed by atoms with Gasteiger partial charge in [0.1, 0.15) is 0 Å². The van der Waals surface area contributed by atoms with E-state index in [2.05, 4.69) is 5.32 Å². The first-order chi connectivity index (χ1) is 13.6. The van der Waals surface area contributed by atoms with E-state index in [4.69, 9.17) is 5.11 Å². The van der Waals surface area contributed by atoms with Gasteiger partial charge in [-0.15, -0.1) is 0 Å². The number of amides is 1. The van der Waals surface area contributed by atoms with Gasteiger partial charge < -0.3 is 10.4 Å². The number of carboxylic acids is 1. The lowest BCUT2D eigenvalue weighted by atomic mass is 9.91. The minimum absolute atomic E-state index is 0.0797. The monoisotopic (exact) mass is 371 g/mol. The Morgan fingerprint density at radius 2 is 1.46 bits per heavy atom. The minimum atomic E-state index is -0.996. The number of nitrogens with one attached hydrogen (secondary N) is 1. The van der Waals surface area contributed by atoms with E-state index >= 15 is 0 Å². The maximum Gasteiger partial charge on any atom is 0.328 e. The average molecular weight is 371 g/mol. The standard InChI is InChI=1S/C24H21NO3/c26-23(27)16-13-18-11-14-21(15-12-18)25-24(28)22(20-9-5-2-6-10-20)17-19-7-3-1-4-8-19/h1-16,22H,17H2,(H,25,28)(H,26,27). The SMILES string of the molecule is O=C(O)C=Cc1ccc(NC(=O)C(Cc2ccccc2)c2ccccc2)cc1. The summed E-state index contributed by atoms with van der Waals surface area (Å²) in [4.78, 5) is 23.6.